The molecule has 0 spiro atoms. The number of hydrogen-bond acceptors (Lipinski definition) is 10. The zero-order chi connectivity index (χ0) is 42.2. The van der Waals surface area contributed by atoms with Gasteiger partial charge in [-0.15, -0.1) is 0 Å². The van der Waals surface area contributed by atoms with Crippen molar-refractivity contribution < 1.29 is 19.2 Å². The number of aromatic nitrogens is 3. The second-order valence-electron chi connectivity index (χ2n) is 18.0. The van der Waals surface area contributed by atoms with Crippen molar-refractivity contribution in [1.29, 1.82) is 0 Å². The van der Waals surface area contributed by atoms with Gasteiger partial charge in [0.15, 0.2) is 5.78 Å². The van der Waals surface area contributed by atoms with Crippen LogP contribution in [0.3, 0.4) is 0 Å². The lowest BCUT2D eigenvalue weighted by Crippen LogP contribution is -2.49. The van der Waals surface area contributed by atoms with Gasteiger partial charge in [0.25, 0.3) is 11.5 Å². The molecule has 2 aromatic carbocycles. The number of nitrogens with two attached hydrogens (primary N) is 1. The number of amides is 3. The van der Waals surface area contributed by atoms with Crippen LogP contribution in [0.2, 0.25) is 0 Å². The van der Waals surface area contributed by atoms with Gasteiger partial charge in [-0.1, -0.05) is 24.3 Å². The fourth-order valence-corrected chi connectivity index (χ4v) is 10.5. The molecule has 320 valence electrons. The molecule has 1 unspecified atom stereocenters. The van der Waals surface area contributed by atoms with Crippen LogP contribution in [0, 0.1) is 5.92 Å². The molecule has 6 heterocycles. The van der Waals surface area contributed by atoms with Crippen LogP contribution in [-0.4, -0.2) is 125 Å². The van der Waals surface area contributed by atoms with Gasteiger partial charge >= 0.3 is 6.03 Å². The summed E-state index contributed by atoms with van der Waals surface area (Å²) in [5, 5.41) is 1.48. The minimum absolute atomic E-state index is 0.0446. The Labute approximate surface area is 356 Å². The number of anilines is 2. The van der Waals surface area contributed by atoms with Gasteiger partial charge in [0.05, 0.1) is 30.4 Å². The molecule has 4 saturated heterocycles. The Morgan fingerprint density at radius 3 is 2.34 bits per heavy atom. The number of carbonyl (C=O) groups excluding carboxylic acids is 4. The molecule has 14 nitrogen and oxygen atoms in total. The van der Waals surface area contributed by atoms with Crippen molar-refractivity contribution in [2.75, 3.05) is 75.8 Å². The molecular formula is C47H57N9O5. The minimum atomic E-state index is -0.583. The van der Waals surface area contributed by atoms with Gasteiger partial charge in [0.1, 0.15) is 17.3 Å². The Morgan fingerprint density at radius 2 is 1.62 bits per heavy atom. The van der Waals surface area contributed by atoms with Crippen molar-refractivity contribution in [3.05, 3.63) is 93.8 Å². The second-order valence-corrected chi connectivity index (χ2v) is 18.0. The monoisotopic (exact) mass is 827 g/mol. The van der Waals surface area contributed by atoms with Crippen LogP contribution in [0.4, 0.5) is 16.3 Å². The molecule has 1 saturated carbocycles. The molecule has 2 atom stereocenters. The number of rotatable bonds is 10. The maximum Gasteiger partial charge on any atom is 0.320 e. The summed E-state index contributed by atoms with van der Waals surface area (Å²) in [5.41, 5.74) is 9.91. The average molecular weight is 828 g/mol. The number of Topliss-reactive ketones (excluding diaryl/α,β-unsaturated/α-hetero) is 2. The molecule has 4 aliphatic heterocycles. The molecule has 5 aliphatic rings. The summed E-state index contributed by atoms with van der Waals surface area (Å²) in [6.45, 7) is 8.25. The summed E-state index contributed by atoms with van der Waals surface area (Å²) in [4.78, 5) is 83.1. The summed E-state index contributed by atoms with van der Waals surface area (Å²) < 4.78 is 1.52. The number of pyridine rings is 1. The molecule has 3 amide bonds. The third kappa shape index (κ3) is 8.64. The predicted octanol–water partition coefficient (Wildman–Crippen LogP) is 4.78. The highest BCUT2D eigenvalue weighted by molar-refractivity contribution is 6.03. The van der Waals surface area contributed by atoms with E-state index in [1.165, 1.54) is 10.1 Å². The lowest BCUT2D eigenvalue weighted by molar-refractivity contribution is -0.132. The van der Waals surface area contributed by atoms with E-state index in [1.54, 1.807) is 17.3 Å². The van der Waals surface area contributed by atoms with Gasteiger partial charge in [0.2, 0.25) is 0 Å². The van der Waals surface area contributed by atoms with E-state index in [0.717, 1.165) is 108 Å². The minimum Gasteiger partial charge on any atom is -0.371 e. The highest BCUT2D eigenvalue weighted by atomic mass is 16.2. The van der Waals surface area contributed by atoms with E-state index in [2.05, 4.69) is 50.0 Å². The molecule has 61 heavy (non-hydrogen) atoms. The summed E-state index contributed by atoms with van der Waals surface area (Å²) in [5.74, 6) is 1.08. The van der Waals surface area contributed by atoms with Crippen molar-refractivity contribution in [1.82, 2.24) is 29.2 Å². The lowest BCUT2D eigenvalue weighted by atomic mass is 9.87. The standard InChI is InChI=1S/C47H57N9O5/c1-51-23-24-55(47(51)61)37-3-2-17-54(30-37)43-28-49-44(45(48)59)40(50-43)25-31-4-6-33(7-5-31)34-14-18-52(19-15-34)29-32-12-20-53(21-13-32)36-8-10-39-35(26-36)16-22-56(46(39)60)41-11-9-38(57)27-42(41)58/h4-8,10,16,22,26,28,32,34,37,41H,2-3,9,11-15,17-21,23-25,27,29-30H2,1H3,(H2,48,59)/t37-,41?/m1/s1. The third-order valence-corrected chi connectivity index (χ3v) is 14.1. The Hall–Kier alpha value is -5.63. The smallest absolute Gasteiger partial charge is 0.320 e. The van der Waals surface area contributed by atoms with Crippen LogP contribution in [0.1, 0.15) is 97.1 Å². The summed E-state index contributed by atoms with van der Waals surface area (Å²) in [7, 11) is 1.85. The summed E-state index contributed by atoms with van der Waals surface area (Å²) in [6, 6.07) is 16.4. The van der Waals surface area contributed by atoms with Crippen LogP contribution >= 0.6 is 0 Å². The summed E-state index contributed by atoms with van der Waals surface area (Å²) in [6.07, 6.45) is 10.9. The maximum absolute atomic E-state index is 13.4. The molecule has 4 aromatic rings. The number of hydrogen-bond donors (Lipinski definition) is 1. The van der Waals surface area contributed by atoms with E-state index in [1.807, 2.05) is 30.1 Å². The quantitative estimate of drug-likeness (QED) is 0.221. The highest BCUT2D eigenvalue weighted by Crippen LogP contribution is 2.32. The van der Waals surface area contributed by atoms with E-state index in [0.29, 0.717) is 54.5 Å². The van der Waals surface area contributed by atoms with Crippen LogP contribution in [-0.2, 0) is 16.0 Å². The van der Waals surface area contributed by atoms with Crippen molar-refractivity contribution in [3.63, 3.8) is 0 Å². The van der Waals surface area contributed by atoms with E-state index in [4.69, 9.17) is 10.7 Å². The number of likely N-dealkylation sites (tertiary alicyclic amines) is 1. The maximum atomic E-state index is 13.4. The number of piperidine rings is 3. The second kappa shape index (κ2) is 17.4. The number of urea groups is 1. The zero-order valence-corrected chi connectivity index (χ0v) is 35.2. The first-order valence-electron chi connectivity index (χ1n) is 22.3. The lowest BCUT2D eigenvalue weighted by Gasteiger charge is -2.38. The number of nitrogens with zero attached hydrogens (tertiary/aromatic N) is 8. The Bertz CT molecular complexity index is 2370. The first kappa shape index (κ1) is 40.8. The number of fused-ring (bicyclic) bond motifs is 1. The van der Waals surface area contributed by atoms with Crippen LogP contribution in [0.25, 0.3) is 10.8 Å². The first-order valence-corrected chi connectivity index (χ1v) is 22.3. The molecule has 0 radical (unpaired) electrons. The topological polar surface area (TPSA) is 158 Å². The van der Waals surface area contributed by atoms with Gasteiger partial charge in [0, 0.05) is 83.0 Å². The summed E-state index contributed by atoms with van der Waals surface area (Å²) >= 11 is 0. The van der Waals surface area contributed by atoms with Gasteiger partial charge in [-0.05, 0) is 111 Å². The van der Waals surface area contributed by atoms with E-state index in [9.17, 15) is 24.0 Å². The normalized spacial score (nSPS) is 22.5. The van der Waals surface area contributed by atoms with Crippen molar-refractivity contribution in [3.8, 4) is 0 Å². The van der Waals surface area contributed by atoms with E-state index in [-0.39, 0.29) is 41.3 Å². The number of ketones is 2. The fraction of sp³-hybridized carbons (Fsp3) is 0.511. The highest BCUT2D eigenvalue weighted by Gasteiger charge is 2.35. The van der Waals surface area contributed by atoms with Gasteiger partial charge in [-0.2, -0.15) is 0 Å². The van der Waals surface area contributed by atoms with Gasteiger partial charge < -0.3 is 34.8 Å². The Kier molecular flexibility index (Phi) is 11.6. The molecule has 14 heteroatoms. The average Bonchev–Trinajstić information content (AvgIpc) is 3.61. The van der Waals surface area contributed by atoms with Crippen LogP contribution < -0.4 is 21.1 Å². The van der Waals surface area contributed by atoms with Crippen LogP contribution in [0.15, 0.2) is 65.7 Å². The fourth-order valence-electron chi connectivity index (χ4n) is 10.5. The Morgan fingerprint density at radius 1 is 0.836 bits per heavy atom. The molecule has 0 bridgehead atoms. The number of benzene rings is 2. The first-order chi connectivity index (χ1) is 29.6. The van der Waals surface area contributed by atoms with E-state index >= 15 is 0 Å². The number of carbonyl (C=O) groups is 4. The third-order valence-electron chi connectivity index (χ3n) is 14.1. The molecule has 2 N–H and O–H groups in total. The predicted molar refractivity (Wildman–Crippen MR) is 234 cm³/mol. The van der Waals surface area contributed by atoms with Gasteiger partial charge in [-0.25, -0.2) is 14.8 Å². The molecule has 1 aliphatic carbocycles. The SMILES string of the molecule is CN1CCN([C@@H]2CCCN(c3cnc(C(N)=O)c(Cc4ccc(C5CCN(CC6CCN(c7ccc8c(=O)n(C9CCC(=O)CC9=O)ccc8c7)CC6)CC5)cc4)n3)C2)C1=O. The zero-order valence-electron chi connectivity index (χ0n) is 35.2. The number of likely N-dealkylation sites (N-methyl/N-ethyl adjacent to an activating group) is 1. The van der Waals surface area contributed by atoms with Crippen LogP contribution in [0.5, 0.6) is 0 Å². The Balaban J connectivity index is 0.756. The largest absolute Gasteiger partial charge is 0.371 e. The van der Waals surface area contributed by atoms with Crippen molar-refractivity contribution in [2.24, 2.45) is 11.7 Å². The van der Waals surface area contributed by atoms with Crippen molar-refractivity contribution >= 4 is 45.8 Å². The molecule has 9 rings (SSSR count). The van der Waals surface area contributed by atoms with E-state index < -0.39 is 11.9 Å². The van der Waals surface area contributed by atoms with Crippen molar-refractivity contribution in [2.45, 2.75) is 82.2 Å². The molecule has 5 fully saturated rings. The molecule has 2 aromatic heterocycles. The number of primary amides is 1. The molecular weight excluding hydrogens is 771 g/mol. The van der Waals surface area contributed by atoms with Gasteiger partial charge in [-0.3, -0.25) is 19.2 Å².